The van der Waals surface area contributed by atoms with E-state index in [1.54, 1.807) is 0 Å². The summed E-state index contributed by atoms with van der Waals surface area (Å²) in [6.07, 6.45) is 2.82. The molecule has 2 rings (SSSR count). The molecule has 1 unspecified atom stereocenters. The van der Waals surface area contributed by atoms with Gasteiger partial charge in [0.15, 0.2) is 0 Å². The lowest BCUT2D eigenvalue weighted by atomic mass is 10.1. The summed E-state index contributed by atoms with van der Waals surface area (Å²) >= 11 is 3.52. The van der Waals surface area contributed by atoms with E-state index in [1.807, 2.05) is 0 Å². The molecule has 1 aliphatic carbocycles. The first-order valence-electron chi connectivity index (χ1n) is 5.65. The third-order valence-corrected chi connectivity index (χ3v) is 4.07. The molecular formula is C13H18BrN. The fourth-order valence-electron chi connectivity index (χ4n) is 1.86. The lowest BCUT2D eigenvalue weighted by molar-refractivity contribution is 0.496. The number of rotatable bonds is 4. The first-order valence-corrected chi connectivity index (χ1v) is 6.44. The van der Waals surface area contributed by atoms with Gasteiger partial charge in [-0.25, -0.2) is 0 Å². The van der Waals surface area contributed by atoms with Crippen LogP contribution in [0.3, 0.4) is 0 Å². The zero-order valence-corrected chi connectivity index (χ0v) is 11.0. The first-order chi connectivity index (χ1) is 7.16. The van der Waals surface area contributed by atoms with Crippen LogP contribution in [0.1, 0.15) is 30.9 Å². The molecule has 0 saturated heterocycles. The van der Waals surface area contributed by atoms with Crippen molar-refractivity contribution in [2.75, 3.05) is 0 Å². The molecule has 1 aromatic carbocycles. The Balaban J connectivity index is 1.89. The minimum atomic E-state index is 0.675. The van der Waals surface area contributed by atoms with E-state index in [2.05, 4.69) is 53.3 Å². The molecule has 0 amide bonds. The molecule has 0 heterocycles. The number of hydrogen-bond donors (Lipinski definition) is 1. The summed E-state index contributed by atoms with van der Waals surface area (Å²) in [4.78, 5) is 0. The number of nitrogens with one attached hydrogen (secondary N) is 1. The Kier molecular flexibility index (Phi) is 3.47. The van der Waals surface area contributed by atoms with Crippen LogP contribution in [0.2, 0.25) is 0 Å². The smallest absolute Gasteiger partial charge is 0.0208 e. The second-order valence-electron chi connectivity index (χ2n) is 4.59. The van der Waals surface area contributed by atoms with Crippen LogP contribution in [0.4, 0.5) is 0 Å². The van der Waals surface area contributed by atoms with Gasteiger partial charge < -0.3 is 5.32 Å². The molecule has 1 atom stereocenters. The third-order valence-electron chi connectivity index (χ3n) is 3.18. The van der Waals surface area contributed by atoms with Gasteiger partial charge in [0.1, 0.15) is 0 Å². The van der Waals surface area contributed by atoms with Crippen molar-refractivity contribution in [1.82, 2.24) is 5.32 Å². The molecule has 1 nitrogen and oxygen atoms in total. The van der Waals surface area contributed by atoms with Crippen LogP contribution in [0.15, 0.2) is 22.7 Å². The lowest BCUT2D eigenvalue weighted by Gasteiger charge is -2.13. The fourth-order valence-corrected chi connectivity index (χ4v) is 2.11. The summed E-state index contributed by atoms with van der Waals surface area (Å²) in [6, 6.07) is 7.24. The van der Waals surface area contributed by atoms with Crippen molar-refractivity contribution in [3.05, 3.63) is 33.8 Å². The van der Waals surface area contributed by atoms with Crippen molar-refractivity contribution in [3.63, 3.8) is 0 Å². The van der Waals surface area contributed by atoms with E-state index in [4.69, 9.17) is 0 Å². The van der Waals surface area contributed by atoms with Crippen molar-refractivity contribution in [3.8, 4) is 0 Å². The van der Waals surface area contributed by atoms with Gasteiger partial charge in [-0.05, 0) is 49.8 Å². The normalized spacial score (nSPS) is 17.8. The lowest BCUT2D eigenvalue weighted by Crippen LogP contribution is -2.27. The van der Waals surface area contributed by atoms with Gasteiger partial charge in [0.2, 0.25) is 0 Å². The molecule has 1 N–H and O–H groups in total. The van der Waals surface area contributed by atoms with E-state index >= 15 is 0 Å². The predicted octanol–water partition coefficient (Wildman–Crippen LogP) is 3.65. The monoisotopic (exact) mass is 267 g/mol. The van der Waals surface area contributed by atoms with Crippen LogP contribution in [0, 0.1) is 12.8 Å². The Bertz CT molecular complexity index is 344. The molecule has 1 aromatic rings. The predicted molar refractivity (Wildman–Crippen MR) is 67.9 cm³/mol. The highest BCUT2D eigenvalue weighted by molar-refractivity contribution is 9.10. The van der Waals surface area contributed by atoms with Crippen LogP contribution in [-0.4, -0.2) is 6.04 Å². The maximum atomic E-state index is 3.59. The first kappa shape index (κ1) is 11.2. The van der Waals surface area contributed by atoms with Crippen LogP contribution in [-0.2, 0) is 6.54 Å². The summed E-state index contributed by atoms with van der Waals surface area (Å²) in [5.41, 5.74) is 2.69. The van der Waals surface area contributed by atoms with Crippen molar-refractivity contribution >= 4 is 15.9 Å². The molecule has 0 spiro atoms. The molecule has 1 saturated carbocycles. The topological polar surface area (TPSA) is 12.0 Å². The molecule has 82 valence electrons. The zero-order chi connectivity index (χ0) is 10.8. The summed E-state index contributed by atoms with van der Waals surface area (Å²) in [5.74, 6) is 0.932. The van der Waals surface area contributed by atoms with Crippen LogP contribution in [0.25, 0.3) is 0 Å². The average molecular weight is 268 g/mol. The molecule has 0 aliphatic heterocycles. The quantitative estimate of drug-likeness (QED) is 0.879. The number of aryl methyl sites for hydroxylation is 1. The Labute approximate surface area is 100 Å². The van der Waals surface area contributed by atoms with Gasteiger partial charge in [-0.1, -0.05) is 28.1 Å². The second kappa shape index (κ2) is 4.67. The largest absolute Gasteiger partial charge is 0.310 e. The van der Waals surface area contributed by atoms with Gasteiger partial charge in [-0.3, -0.25) is 0 Å². The van der Waals surface area contributed by atoms with Crippen molar-refractivity contribution in [1.29, 1.82) is 0 Å². The molecule has 0 aromatic heterocycles. The highest BCUT2D eigenvalue weighted by Crippen LogP contribution is 2.32. The maximum absolute atomic E-state index is 3.59. The minimum absolute atomic E-state index is 0.675. The number of halogens is 1. The van der Waals surface area contributed by atoms with Gasteiger partial charge in [-0.2, -0.15) is 0 Å². The van der Waals surface area contributed by atoms with E-state index in [1.165, 1.54) is 28.4 Å². The molecule has 1 fully saturated rings. The van der Waals surface area contributed by atoms with Crippen molar-refractivity contribution < 1.29 is 0 Å². The Hall–Kier alpha value is -0.340. The summed E-state index contributed by atoms with van der Waals surface area (Å²) < 4.78 is 1.20. The van der Waals surface area contributed by atoms with Gasteiger partial charge in [-0.15, -0.1) is 0 Å². The molecule has 15 heavy (non-hydrogen) atoms. The molecule has 1 aliphatic rings. The summed E-state index contributed by atoms with van der Waals surface area (Å²) in [5, 5.41) is 3.59. The van der Waals surface area contributed by atoms with Gasteiger partial charge in [0.05, 0.1) is 0 Å². The zero-order valence-electron chi connectivity index (χ0n) is 9.39. The molecular weight excluding hydrogens is 250 g/mol. The minimum Gasteiger partial charge on any atom is -0.310 e. The standard InChI is InChI=1S/C13H18BrN/c1-9-7-11(3-6-13(9)14)8-15-10(2)12-4-5-12/h3,6-7,10,12,15H,4-5,8H2,1-2H3. The maximum Gasteiger partial charge on any atom is 0.0208 e. The second-order valence-corrected chi connectivity index (χ2v) is 5.44. The molecule has 0 bridgehead atoms. The average Bonchev–Trinajstić information content (AvgIpc) is 3.03. The van der Waals surface area contributed by atoms with Gasteiger partial charge in [0, 0.05) is 17.1 Å². The van der Waals surface area contributed by atoms with E-state index in [-0.39, 0.29) is 0 Å². The summed E-state index contributed by atoms with van der Waals surface area (Å²) in [6.45, 7) is 5.42. The number of hydrogen-bond acceptors (Lipinski definition) is 1. The SMILES string of the molecule is Cc1cc(CNC(C)C2CC2)ccc1Br. The van der Waals surface area contributed by atoms with Gasteiger partial charge in [0.25, 0.3) is 0 Å². The Morgan fingerprint density at radius 1 is 1.47 bits per heavy atom. The van der Waals surface area contributed by atoms with E-state index < -0.39 is 0 Å². The van der Waals surface area contributed by atoms with Crippen molar-refractivity contribution in [2.45, 2.75) is 39.3 Å². The summed E-state index contributed by atoms with van der Waals surface area (Å²) in [7, 11) is 0. The number of benzene rings is 1. The van der Waals surface area contributed by atoms with E-state index in [0.29, 0.717) is 6.04 Å². The van der Waals surface area contributed by atoms with Crippen LogP contribution in [0.5, 0.6) is 0 Å². The van der Waals surface area contributed by atoms with Crippen LogP contribution >= 0.6 is 15.9 Å². The van der Waals surface area contributed by atoms with E-state index in [0.717, 1.165) is 12.5 Å². The molecule has 0 radical (unpaired) electrons. The van der Waals surface area contributed by atoms with Crippen LogP contribution < -0.4 is 5.32 Å². The fraction of sp³-hybridized carbons (Fsp3) is 0.538. The third kappa shape index (κ3) is 3.05. The Morgan fingerprint density at radius 2 is 2.20 bits per heavy atom. The van der Waals surface area contributed by atoms with E-state index in [9.17, 15) is 0 Å². The Morgan fingerprint density at radius 3 is 2.80 bits per heavy atom. The highest BCUT2D eigenvalue weighted by Gasteiger charge is 2.27. The highest BCUT2D eigenvalue weighted by atomic mass is 79.9. The molecule has 2 heteroatoms. The van der Waals surface area contributed by atoms with Gasteiger partial charge >= 0.3 is 0 Å². The van der Waals surface area contributed by atoms with Crippen molar-refractivity contribution in [2.24, 2.45) is 5.92 Å².